The highest BCUT2D eigenvalue weighted by Gasteiger charge is 2.11. The van der Waals surface area contributed by atoms with Crippen molar-refractivity contribution < 1.29 is 0 Å². The molecule has 1 aliphatic rings. The van der Waals surface area contributed by atoms with Gasteiger partial charge in [0.15, 0.2) is 0 Å². The van der Waals surface area contributed by atoms with Crippen LogP contribution in [-0.2, 0) is 6.54 Å². The monoisotopic (exact) mass is 218 g/mol. The minimum absolute atomic E-state index is 1.05. The van der Waals surface area contributed by atoms with Gasteiger partial charge in [0.1, 0.15) is 0 Å². The minimum Gasteiger partial charge on any atom is -0.372 e. The van der Waals surface area contributed by atoms with Gasteiger partial charge in [0.25, 0.3) is 0 Å². The largest absolute Gasteiger partial charge is 0.372 e. The molecule has 0 radical (unpaired) electrons. The maximum Gasteiger partial charge on any atom is 0.0366 e. The van der Waals surface area contributed by atoms with Crippen LogP contribution >= 0.6 is 0 Å². The number of rotatable bonds is 4. The molecule has 0 amide bonds. The summed E-state index contributed by atoms with van der Waals surface area (Å²) in [4.78, 5) is 4.80. The Labute approximate surface area is 98.9 Å². The Morgan fingerprint density at radius 2 is 1.75 bits per heavy atom. The van der Waals surface area contributed by atoms with Gasteiger partial charge in [-0.1, -0.05) is 19.1 Å². The Kier molecular flexibility index (Phi) is 3.83. The Bertz CT molecular complexity index is 312. The molecule has 2 heteroatoms. The number of anilines is 1. The zero-order valence-corrected chi connectivity index (χ0v) is 10.4. The van der Waals surface area contributed by atoms with Gasteiger partial charge in [0.2, 0.25) is 0 Å². The van der Waals surface area contributed by atoms with E-state index in [0.29, 0.717) is 0 Å². The van der Waals surface area contributed by atoms with Crippen molar-refractivity contribution in [1.82, 2.24) is 4.90 Å². The summed E-state index contributed by atoms with van der Waals surface area (Å²) >= 11 is 0. The second kappa shape index (κ2) is 5.35. The predicted octanol–water partition coefficient (Wildman–Crippen LogP) is 2.74. The summed E-state index contributed by atoms with van der Waals surface area (Å²) in [7, 11) is 2.16. The number of hydrogen-bond donors (Lipinski definition) is 0. The molecule has 0 aromatic heterocycles. The lowest BCUT2D eigenvalue weighted by molar-refractivity contribution is 0.346. The van der Waals surface area contributed by atoms with Gasteiger partial charge in [0, 0.05) is 25.3 Å². The molecule has 0 bridgehead atoms. The molecule has 1 heterocycles. The first kappa shape index (κ1) is 11.5. The molecular weight excluding hydrogens is 196 g/mol. The van der Waals surface area contributed by atoms with Crippen molar-refractivity contribution in [3.8, 4) is 0 Å². The molecule has 0 atom stereocenters. The van der Waals surface area contributed by atoms with E-state index in [0.717, 1.165) is 13.1 Å². The fraction of sp³-hybridized carbons (Fsp3) is 0.571. The molecule has 0 N–H and O–H groups in total. The Morgan fingerprint density at radius 1 is 1.12 bits per heavy atom. The first-order valence-electron chi connectivity index (χ1n) is 6.32. The molecule has 1 aromatic rings. The summed E-state index contributed by atoms with van der Waals surface area (Å²) in [5.41, 5.74) is 2.80. The number of nitrogens with zero attached hydrogens (tertiary/aromatic N) is 2. The van der Waals surface area contributed by atoms with E-state index in [9.17, 15) is 0 Å². The molecule has 1 aliphatic heterocycles. The van der Waals surface area contributed by atoms with Crippen molar-refractivity contribution in [2.45, 2.75) is 26.3 Å². The van der Waals surface area contributed by atoms with Gasteiger partial charge in [0.05, 0.1) is 0 Å². The quantitative estimate of drug-likeness (QED) is 0.766. The van der Waals surface area contributed by atoms with E-state index in [1.54, 1.807) is 0 Å². The lowest BCUT2D eigenvalue weighted by Crippen LogP contribution is -2.18. The Morgan fingerprint density at radius 3 is 2.31 bits per heavy atom. The van der Waals surface area contributed by atoms with Crippen LogP contribution in [0.1, 0.15) is 25.3 Å². The molecule has 0 unspecified atom stereocenters. The fourth-order valence-corrected chi connectivity index (χ4v) is 2.21. The number of hydrogen-bond acceptors (Lipinski definition) is 2. The molecule has 16 heavy (non-hydrogen) atoms. The molecule has 1 fully saturated rings. The van der Waals surface area contributed by atoms with Crippen molar-refractivity contribution in [2.75, 3.05) is 31.6 Å². The highest BCUT2D eigenvalue weighted by atomic mass is 15.1. The molecule has 2 nitrogen and oxygen atoms in total. The lowest BCUT2D eigenvalue weighted by Gasteiger charge is -2.19. The van der Waals surface area contributed by atoms with Crippen molar-refractivity contribution in [1.29, 1.82) is 0 Å². The molecule has 1 saturated heterocycles. The van der Waals surface area contributed by atoms with Crippen LogP contribution in [-0.4, -0.2) is 31.6 Å². The van der Waals surface area contributed by atoms with Crippen molar-refractivity contribution in [3.05, 3.63) is 29.8 Å². The van der Waals surface area contributed by atoms with Gasteiger partial charge in [-0.25, -0.2) is 0 Å². The van der Waals surface area contributed by atoms with Gasteiger partial charge in [-0.3, -0.25) is 0 Å². The topological polar surface area (TPSA) is 6.48 Å². The molecule has 0 saturated carbocycles. The summed E-state index contributed by atoms with van der Waals surface area (Å²) in [6.45, 7) is 6.81. The lowest BCUT2D eigenvalue weighted by atomic mass is 10.2. The Balaban J connectivity index is 1.98. The van der Waals surface area contributed by atoms with Crippen LogP contribution in [0.25, 0.3) is 0 Å². The van der Waals surface area contributed by atoms with Crippen LogP contribution < -0.4 is 4.90 Å². The van der Waals surface area contributed by atoms with E-state index < -0.39 is 0 Å². The van der Waals surface area contributed by atoms with E-state index in [4.69, 9.17) is 0 Å². The van der Waals surface area contributed by atoms with Crippen LogP contribution in [0.4, 0.5) is 5.69 Å². The highest BCUT2D eigenvalue weighted by Crippen LogP contribution is 2.20. The standard InChI is InChI=1S/C14H22N2/c1-3-15(2)12-13-6-8-14(9-7-13)16-10-4-5-11-16/h6-9H,3-5,10-12H2,1-2H3. The first-order chi connectivity index (χ1) is 7.79. The second-order valence-corrected chi connectivity index (χ2v) is 4.69. The first-order valence-corrected chi connectivity index (χ1v) is 6.32. The molecule has 2 rings (SSSR count). The molecule has 0 spiro atoms. The summed E-state index contributed by atoms with van der Waals surface area (Å²) in [6.07, 6.45) is 2.70. The SMILES string of the molecule is CCN(C)Cc1ccc(N2CCCC2)cc1. The van der Waals surface area contributed by atoms with Crippen LogP contribution in [0.5, 0.6) is 0 Å². The third-order valence-corrected chi connectivity index (χ3v) is 3.40. The molecule has 0 aliphatic carbocycles. The zero-order chi connectivity index (χ0) is 11.4. The smallest absolute Gasteiger partial charge is 0.0366 e. The summed E-state index contributed by atoms with van der Waals surface area (Å²) in [5, 5.41) is 0. The summed E-state index contributed by atoms with van der Waals surface area (Å²) < 4.78 is 0. The van der Waals surface area contributed by atoms with Gasteiger partial charge in [-0.05, 0) is 44.1 Å². The van der Waals surface area contributed by atoms with Crippen LogP contribution in [0.3, 0.4) is 0 Å². The van der Waals surface area contributed by atoms with E-state index in [1.165, 1.54) is 37.2 Å². The van der Waals surface area contributed by atoms with Crippen molar-refractivity contribution in [3.63, 3.8) is 0 Å². The van der Waals surface area contributed by atoms with Crippen molar-refractivity contribution in [2.24, 2.45) is 0 Å². The van der Waals surface area contributed by atoms with Gasteiger partial charge < -0.3 is 9.80 Å². The third-order valence-electron chi connectivity index (χ3n) is 3.40. The minimum atomic E-state index is 1.05. The van der Waals surface area contributed by atoms with Gasteiger partial charge >= 0.3 is 0 Å². The van der Waals surface area contributed by atoms with E-state index in [-0.39, 0.29) is 0 Å². The third kappa shape index (κ3) is 2.76. The Hall–Kier alpha value is -1.02. The van der Waals surface area contributed by atoms with E-state index in [1.807, 2.05) is 0 Å². The van der Waals surface area contributed by atoms with Crippen LogP contribution in [0.15, 0.2) is 24.3 Å². The van der Waals surface area contributed by atoms with Crippen molar-refractivity contribution >= 4 is 5.69 Å². The van der Waals surface area contributed by atoms with Gasteiger partial charge in [-0.15, -0.1) is 0 Å². The average Bonchev–Trinajstić information content (AvgIpc) is 2.83. The maximum atomic E-state index is 2.48. The molecule has 88 valence electrons. The van der Waals surface area contributed by atoms with E-state index >= 15 is 0 Å². The van der Waals surface area contributed by atoms with E-state index in [2.05, 4.69) is 48.0 Å². The molecular formula is C14H22N2. The predicted molar refractivity (Wildman–Crippen MR) is 69.9 cm³/mol. The molecule has 1 aromatic carbocycles. The van der Waals surface area contributed by atoms with Crippen LogP contribution in [0, 0.1) is 0 Å². The van der Waals surface area contributed by atoms with Crippen LogP contribution in [0.2, 0.25) is 0 Å². The second-order valence-electron chi connectivity index (χ2n) is 4.69. The highest BCUT2D eigenvalue weighted by molar-refractivity contribution is 5.48. The normalized spacial score (nSPS) is 16.1. The maximum absolute atomic E-state index is 2.48. The fourth-order valence-electron chi connectivity index (χ4n) is 2.21. The zero-order valence-electron chi connectivity index (χ0n) is 10.4. The number of benzene rings is 1. The summed E-state index contributed by atoms with van der Waals surface area (Å²) in [6, 6.07) is 9.06. The summed E-state index contributed by atoms with van der Waals surface area (Å²) in [5.74, 6) is 0. The average molecular weight is 218 g/mol. The van der Waals surface area contributed by atoms with Gasteiger partial charge in [-0.2, -0.15) is 0 Å².